The summed E-state index contributed by atoms with van der Waals surface area (Å²) >= 11 is 1.69. The van der Waals surface area contributed by atoms with Gasteiger partial charge in [-0.3, -0.25) is 0 Å². The molecule has 74 valence electrons. The van der Waals surface area contributed by atoms with Gasteiger partial charge in [0, 0.05) is 10.1 Å². The van der Waals surface area contributed by atoms with Crippen LogP contribution in [0.25, 0.3) is 10.1 Å². The fourth-order valence-electron chi connectivity index (χ4n) is 1.90. The highest BCUT2D eigenvalue weighted by atomic mass is 32.1. The molecule has 1 aromatic heterocycles. The van der Waals surface area contributed by atoms with Crippen LogP contribution in [0.1, 0.15) is 25.0 Å². The predicted molar refractivity (Wildman–Crippen MR) is 62.2 cm³/mol. The molecule has 0 radical (unpaired) electrons. The monoisotopic (exact) mass is 206 g/mol. The number of benzene rings is 1. The summed E-state index contributed by atoms with van der Waals surface area (Å²) in [6.07, 6.45) is 1.89. The van der Waals surface area contributed by atoms with E-state index in [1.807, 2.05) is 11.4 Å². The van der Waals surface area contributed by atoms with Gasteiger partial charge in [0.05, 0.1) is 0 Å². The fourth-order valence-corrected chi connectivity index (χ4v) is 2.75. The summed E-state index contributed by atoms with van der Waals surface area (Å²) in [5, 5.41) is 13.1. The van der Waals surface area contributed by atoms with Crippen molar-refractivity contribution in [1.82, 2.24) is 0 Å². The zero-order valence-electron chi connectivity index (χ0n) is 8.50. The molecule has 0 aliphatic carbocycles. The second-order valence-electron chi connectivity index (χ2n) is 3.40. The van der Waals surface area contributed by atoms with E-state index in [0.29, 0.717) is 5.75 Å². The fraction of sp³-hybridized carbons (Fsp3) is 0.333. The van der Waals surface area contributed by atoms with Crippen LogP contribution < -0.4 is 0 Å². The molecule has 1 aromatic carbocycles. The average Bonchev–Trinajstić information content (AvgIpc) is 2.65. The molecule has 0 amide bonds. The number of thiophene rings is 1. The van der Waals surface area contributed by atoms with Gasteiger partial charge in [0.25, 0.3) is 0 Å². The zero-order chi connectivity index (χ0) is 10.1. The van der Waals surface area contributed by atoms with Crippen molar-refractivity contribution in [3.05, 3.63) is 28.6 Å². The van der Waals surface area contributed by atoms with E-state index in [1.54, 1.807) is 11.3 Å². The first-order valence-corrected chi connectivity index (χ1v) is 5.86. The van der Waals surface area contributed by atoms with Gasteiger partial charge in [-0.1, -0.05) is 13.8 Å². The third-order valence-corrected chi connectivity index (χ3v) is 3.53. The maximum Gasteiger partial charge on any atom is 0.127 e. The lowest BCUT2D eigenvalue weighted by atomic mass is 10.00. The lowest BCUT2D eigenvalue weighted by molar-refractivity contribution is 0.474. The Morgan fingerprint density at radius 2 is 2.07 bits per heavy atom. The molecule has 0 fully saturated rings. The van der Waals surface area contributed by atoms with Crippen molar-refractivity contribution in [2.24, 2.45) is 0 Å². The van der Waals surface area contributed by atoms with Crippen LogP contribution in [0.5, 0.6) is 5.75 Å². The number of hydrogen-bond acceptors (Lipinski definition) is 2. The Hall–Kier alpha value is -1.02. The maximum atomic E-state index is 10.1. The quantitative estimate of drug-likeness (QED) is 0.793. The first-order valence-electron chi connectivity index (χ1n) is 4.98. The number of aromatic hydroxyl groups is 1. The minimum atomic E-state index is 0.489. The Morgan fingerprint density at radius 3 is 2.71 bits per heavy atom. The van der Waals surface area contributed by atoms with Crippen LogP contribution >= 0.6 is 11.3 Å². The van der Waals surface area contributed by atoms with Gasteiger partial charge < -0.3 is 5.11 Å². The van der Waals surface area contributed by atoms with Gasteiger partial charge in [0.15, 0.2) is 0 Å². The zero-order valence-corrected chi connectivity index (χ0v) is 9.32. The summed E-state index contributed by atoms with van der Waals surface area (Å²) in [4.78, 5) is 0. The number of hydrogen-bond donors (Lipinski definition) is 1. The summed E-state index contributed by atoms with van der Waals surface area (Å²) in [7, 11) is 0. The molecule has 0 saturated carbocycles. The molecule has 14 heavy (non-hydrogen) atoms. The SMILES string of the molecule is CCc1cc2sccc2c(O)c1CC. The average molecular weight is 206 g/mol. The molecule has 1 N–H and O–H groups in total. The van der Waals surface area contributed by atoms with Crippen LogP contribution in [0.15, 0.2) is 17.5 Å². The third kappa shape index (κ3) is 1.30. The highest BCUT2D eigenvalue weighted by Crippen LogP contribution is 2.35. The predicted octanol–water partition coefficient (Wildman–Crippen LogP) is 3.73. The van der Waals surface area contributed by atoms with Crippen molar-refractivity contribution < 1.29 is 5.11 Å². The summed E-state index contributed by atoms with van der Waals surface area (Å²) in [6, 6.07) is 4.20. The summed E-state index contributed by atoms with van der Waals surface area (Å²) in [5.41, 5.74) is 2.39. The van der Waals surface area contributed by atoms with E-state index in [4.69, 9.17) is 0 Å². The first kappa shape index (κ1) is 9.53. The van der Waals surface area contributed by atoms with E-state index < -0.39 is 0 Å². The molecule has 1 nitrogen and oxygen atoms in total. The normalized spacial score (nSPS) is 11.0. The topological polar surface area (TPSA) is 20.2 Å². The molecular formula is C12H14OS. The summed E-state index contributed by atoms with van der Waals surface area (Å²) < 4.78 is 1.19. The minimum Gasteiger partial charge on any atom is -0.507 e. The van der Waals surface area contributed by atoms with Crippen molar-refractivity contribution in [2.75, 3.05) is 0 Å². The van der Waals surface area contributed by atoms with E-state index in [2.05, 4.69) is 19.9 Å². The summed E-state index contributed by atoms with van der Waals surface area (Å²) in [5.74, 6) is 0.489. The highest BCUT2D eigenvalue weighted by Gasteiger charge is 2.10. The molecule has 0 aliphatic rings. The molecule has 0 aliphatic heterocycles. The number of rotatable bonds is 2. The standard InChI is InChI=1S/C12H14OS/c1-3-8-7-11-10(5-6-14-11)12(13)9(8)4-2/h5-7,13H,3-4H2,1-2H3. The highest BCUT2D eigenvalue weighted by molar-refractivity contribution is 7.17. The van der Waals surface area contributed by atoms with E-state index in [0.717, 1.165) is 23.8 Å². The van der Waals surface area contributed by atoms with Crippen molar-refractivity contribution in [3.63, 3.8) is 0 Å². The molecule has 0 unspecified atom stereocenters. The van der Waals surface area contributed by atoms with Crippen LogP contribution in [-0.2, 0) is 12.8 Å². The smallest absolute Gasteiger partial charge is 0.127 e. The largest absolute Gasteiger partial charge is 0.507 e. The van der Waals surface area contributed by atoms with Crippen molar-refractivity contribution in [1.29, 1.82) is 0 Å². The van der Waals surface area contributed by atoms with E-state index in [-0.39, 0.29) is 0 Å². The van der Waals surface area contributed by atoms with Gasteiger partial charge in [0.2, 0.25) is 0 Å². The van der Waals surface area contributed by atoms with E-state index in [1.165, 1.54) is 10.3 Å². The second-order valence-corrected chi connectivity index (χ2v) is 4.35. The first-order chi connectivity index (χ1) is 6.77. The van der Waals surface area contributed by atoms with Crippen LogP contribution in [0.2, 0.25) is 0 Å². The summed E-state index contributed by atoms with van der Waals surface area (Å²) in [6.45, 7) is 4.22. The Kier molecular flexibility index (Phi) is 2.46. The van der Waals surface area contributed by atoms with E-state index in [9.17, 15) is 5.11 Å². The Balaban J connectivity index is 2.79. The molecular weight excluding hydrogens is 192 g/mol. The van der Waals surface area contributed by atoms with E-state index >= 15 is 0 Å². The molecule has 2 aromatic rings. The van der Waals surface area contributed by atoms with Gasteiger partial charge in [0.1, 0.15) is 5.75 Å². The van der Waals surface area contributed by atoms with Crippen molar-refractivity contribution >= 4 is 21.4 Å². The second kappa shape index (κ2) is 3.62. The van der Waals surface area contributed by atoms with Gasteiger partial charge in [-0.15, -0.1) is 11.3 Å². The van der Waals surface area contributed by atoms with Crippen LogP contribution in [0, 0.1) is 0 Å². The van der Waals surface area contributed by atoms with Gasteiger partial charge in [-0.05, 0) is 41.5 Å². The molecule has 0 spiro atoms. The Bertz CT molecular complexity index is 457. The van der Waals surface area contributed by atoms with Gasteiger partial charge >= 0.3 is 0 Å². The number of fused-ring (bicyclic) bond motifs is 1. The molecule has 0 saturated heterocycles. The van der Waals surface area contributed by atoms with Gasteiger partial charge in [-0.25, -0.2) is 0 Å². The number of phenols is 1. The number of phenolic OH excluding ortho intramolecular Hbond substituents is 1. The molecule has 0 atom stereocenters. The van der Waals surface area contributed by atoms with Crippen LogP contribution in [0.4, 0.5) is 0 Å². The van der Waals surface area contributed by atoms with Crippen molar-refractivity contribution in [2.45, 2.75) is 26.7 Å². The molecule has 2 heteroatoms. The van der Waals surface area contributed by atoms with Crippen LogP contribution in [-0.4, -0.2) is 5.11 Å². The molecule has 2 rings (SSSR count). The van der Waals surface area contributed by atoms with Crippen LogP contribution in [0.3, 0.4) is 0 Å². The lowest BCUT2D eigenvalue weighted by Crippen LogP contribution is -1.91. The molecule has 0 bridgehead atoms. The molecule has 1 heterocycles. The third-order valence-electron chi connectivity index (χ3n) is 2.66. The van der Waals surface area contributed by atoms with Gasteiger partial charge in [-0.2, -0.15) is 0 Å². The maximum absolute atomic E-state index is 10.1. The Morgan fingerprint density at radius 1 is 1.29 bits per heavy atom. The Labute approximate surface area is 88.0 Å². The minimum absolute atomic E-state index is 0.489. The number of aryl methyl sites for hydroxylation is 1. The van der Waals surface area contributed by atoms with Crippen molar-refractivity contribution in [3.8, 4) is 5.75 Å². The lowest BCUT2D eigenvalue weighted by Gasteiger charge is -2.09.